The number of hydrogen-bond acceptors (Lipinski definition) is 6. The van der Waals surface area contributed by atoms with Crippen LogP contribution in [0.15, 0.2) is 65.5 Å². The number of para-hydroxylation sites is 3. The molecule has 0 spiro atoms. The minimum atomic E-state index is -0.690. The molecule has 2 aromatic heterocycles. The van der Waals surface area contributed by atoms with Crippen LogP contribution < -0.4 is 20.3 Å². The van der Waals surface area contributed by atoms with E-state index >= 15 is 0 Å². The summed E-state index contributed by atoms with van der Waals surface area (Å²) in [6, 6.07) is 17.9. The number of ether oxygens (including phenoxy) is 2. The van der Waals surface area contributed by atoms with Gasteiger partial charge in [-0.1, -0.05) is 30.3 Å². The number of amides is 1. The molecule has 0 saturated heterocycles. The Kier molecular flexibility index (Phi) is 6.31. The highest BCUT2D eigenvalue weighted by molar-refractivity contribution is 7.17. The topological polar surface area (TPSA) is 81.9 Å². The van der Waals surface area contributed by atoms with Crippen LogP contribution in [0.3, 0.4) is 0 Å². The Hall–Kier alpha value is -3.65. The molecule has 4 aromatic rings. The molecule has 2 heterocycles. The lowest BCUT2D eigenvalue weighted by Crippen LogP contribution is -2.30. The lowest BCUT2D eigenvalue weighted by Gasteiger charge is -2.16. The quantitative estimate of drug-likeness (QED) is 0.422. The molecular weight excluding hydrogens is 450 g/mol. The van der Waals surface area contributed by atoms with Crippen LogP contribution in [0.4, 0.5) is 5.69 Å². The van der Waals surface area contributed by atoms with E-state index in [1.807, 2.05) is 30.3 Å². The molecule has 5 rings (SSSR count). The molecule has 1 aliphatic rings. The Morgan fingerprint density at radius 1 is 1.12 bits per heavy atom. The predicted octanol–water partition coefficient (Wildman–Crippen LogP) is 4.62. The zero-order valence-corrected chi connectivity index (χ0v) is 19.6. The van der Waals surface area contributed by atoms with Crippen LogP contribution in [0.2, 0.25) is 0 Å². The van der Waals surface area contributed by atoms with E-state index < -0.39 is 6.10 Å². The molecule has 0 bridgehead atoms. The summed E-state index contributed by atoms with van der Waals surface area (Å²) in [7, 11) is 0. The molecule has 0 aliphatic heterocycles. The summed E-state index contributed by atoms with van der Waals surface area (Å²) < 4.78 is 13.4. The second kappa shape index (κ2) is 9.69. The van der Waals surface area contributed by atoms with E-state index in [0.717, 1.165) is 31.4 Å². The van der Waals surface area contributed by atoms with E-state index in [1.54, 1.807) is 46.9 Å². The first-order valence-corrected chi connectivity index (χ1v) is 12.2. The summed E-state index contributed by atoms with van der Waals surface area (Å²) in [5, 5.41) is 2.87. The van der Waals surface area contributed by atoms with Gasteiger partial charge in [-0.3, -0.25) is 14.0 Å². The van der Waals surface area contributed by atoms with Gasteiger partial charge >= 0.3 is 0 Å². The second-order valence-corrected chi connectivity index (χ2v) is 9.29. The lowest BCUT2D eigenvalue weighted by molar-refractivity contribution is -0.122. The summed E-state index contributed by atoms with van der Waals surface area (Å²) in [5.41, 5.74) is 2.12. The number of carbonyl (C=O) groups excluding carboxylic acids is 1. The predicted molar refractivity (Wildman–Crippen MR) is 132 cm³/mol. The second-order valence-electron chi connectivity index (χ2n) is 8.23. The number of hydrogen-bond donors (Lipinski definition) is 1. The maximum absolute atomic E-state index is 12.8. The van der Waals surface area contributed by atoms with E-state index in [1.165, 1.54) is 10.9 Å². The summed E-state index contributed by atoms with van der Waals surface area (Å²) in [5.74, 6) is 0.829. The largest absolute Gasteiger partial charge is 0.485 e. The molecule has 2 aromatic carbocycles. The van der Waals surface area contributed by atoms with Crippen molar-refractivity contribution in [2.24, 2.45) is 0 Å². The molecule has 1 amide bonds. The van der Waals surface area contributed by atoms with Crippen LogP contribution >= 0.6 is 11.3 Å². The van der Waals surface area contributed by atoms with Crippen LogP contribution in [-0.2, 0) is 24.2 Å². The summed E-state index contributed by atoms with van der Waals surface area (Å²) >= 11 is 1.59. The Bertz CT molecular complexity index is 1380. The van der Waals surface area contributed by atoms with Crippen molar-refractivity contribution in [1.82, 2.24) is 9.38 Å². The molecule has 174 valence electrons. The molecule has 1 aliphatic carbocycles. The number of aryl methyl sites for hydroxylation is 2. The van der Waals surface area contributed by atoms with Crippen molar-refractivity contribution in [3.63, 3.8) is 0 Å². The van der Waals surface area contributed by atoms with Gasteiger partial charge in [0.1, 0.15) is 18.1 Å². The number of nitrogens with one attached hydrogen (secondary N) is 1. The van der Waals surface area contributed by atoms with Crippen molar-refractivity contribution >= 4 is 27.9 Å². The fourth-order valence-corrected chi connectivity index (χ4v) is 5.29. The number of fused-ring (bicyclic) bond motifs is 3. The smallest absolute Gasteiger partial charge is 0.265 e. The number of anilines is 1. The maximum Gasteiger partial charge on any atom is 0.265 e. The van der Waals surface area contributed by atoms with E-state index in [9.17, 15) is 9.59 Å². The molecule has 34 heavy (non-hydrogen) atoms. The minimum Gasteiger partial charge on any atom is -0.485 e. The lowest BCUT2D eigenvalue weighted by atomic mass is 10.0. The molecule has 0 fully saturated rings. The summed E-state index contributed by atoms with van der Waals surface area (Å²) in [6.07, 6.45) is 3.50. The molecular formula is C26H25N3O4S. The third-order valence-electron chi connectivity index (χ3n) is 5.76. The van der Waals surface area contributed by atoms with Crippen molar-refractivity contribution in [2.75, 3.05) is 5.32 Å². The Balaban J connectivity index is 1.29. The SMILES string of the molecule is CC(Oc1ccccc1)C(=O)Nc1ccccc1OCc1cc(=O)n2c3c(sc2n1)CCCC3. The van der Waals surface area contributed by atoms with Crippen LogP contribution in [0.5, 0.6) is 11.5 Å². The zero-order chi connectivity index (χ0) is 23.5. The van der Waals surface area contributed by atoms with Crippen LogP contribution in [0, 0.1) is 0 Å². The van der Waals surface area contributed by atoms with Crippen molar-refractivity contribution in [2.45, 2.75) is 45.3 Å². The molecule has 0 radical (unpaired) electrons. The average molecular weight is 476 g/mol. The molecule has 1 unspecified atom stereocenters. The van der Waals surface area contributed by atoms with Gasteiger partial charge in [-0.25, -0.2) is 4.98 Å². The van der Waals surface area contributed by atoms with E-state index in [-0.39, 0.29) is 18.1 Å². The normalized spacial score (nSPS) is 13.8. The number of nitrogens with zero attached hydrogens (tertiary/aromatic N) is 2. The highest BCUT2D eigenvalue weighted by Crippen LogP contribution is 2.29. The van der Waals surface area contributed by atoms with E-state index in [4.69, 9.17) is 9.47 Å². The third kappa shape index (κ3) is 4.68. The number of aromatic nitrogens is 2. The van der Waals surface area contributed by atoms with E-state index in [2.05, 4.69) is 10.3 Å². The first kappa shape index (κ1) is 22.2. The molecule has 8 heteroatoms. The van der Waals surface area contributed by atoms with Gasteiger partial charge in [-0.2, -0.15) is 0 Å². The monoisotopic (exact) mass is 475 g/mol. The highest BCUT2D eigenvalue weighted by atomic mass is 32.1. The van der Waals surface area contributed by atoms with Gasteiger partial charge in [0.15, 0.2) is 11.1 Å². The fraction of sp³-hybridized carbons (Fsp3) is 0.269. The fourth-order valence-electron chi connectivity index (χ4n) is 4.05. The zero-order valence-electron chi connectivity index (χ0n) is 18.8. The Morgan fingerprint density at radius 3 is 2.74 bits per heavy atom. The van der Waals surface area contributed by atoms with Crippen LogP contribution in [0.1, 0.15) is 36.0 Å². The standard InChI is InChI=1S/C26H25N3O4S/c1-17(33-19-9-3-2-4-10-19)25(31)28-20-11-5-7-13-22(20)32-16-18-15-24(30)29-21-12-6-8-14-23(21)34-26(29)27-18/h2-5,7,9-11,13,15,17H,6,8,12,14,16H2,1H3,(H,28,31). The van der Waals surface area contributed by atoms with Crippen molar-refractivity contribution in [3.8, 4) is 11.5 Å². The average Bonchev–Trinajstić information content (AvgIpc) is 3.23. The van der Waals surface area contributed by atoms with Crippen molar-refractivity contribution in [3.05, 3.63) is 87.3 Å². The number of thiazole rings is 1. The van der Waals surface area contributed by atoms with E-state index in [0.29, 0.717) is 27.8 Å². The first-order valence-electron chi connectivity index (χ1n) is 11.4. The highest BCUT2D eigenvalue weighted by Gasteiger charge is 2.19. The van der Waals surface area contributed by atoms with Gasteiger partial charge in [0.05, 0.1) is 11.4 Å². The van der Waals surface area contributed by atoms with Gasteiger partial charge in [0, 0.05) is 16.6 Å². The first-order chi connectivity index (χ1) is 16.6. The van der Waals surface area contributed by atoms with Crippen LogP contribution in [0.25, 0.3) is 4.96 Å². The van der Waals surface area contributed by atoms with Crippen molar-refractivity contribution in [1.29, 1.82) is 0 Å². The minimum absolute atomic E-state index is 0.0727. The van der Waals surface area contributed by atoms with Gasteiger partial charge in [0.2, 0.25) is 0 Å². The van der Waals surface area contributed by atoms with Gasteiger partial charge in [-0.15, -0.1) is 11.3 Å². The molecule has 7 nitrogen and oxygen atoms in total. The number of benzene rings is 2. The molecule has 1 N–H and O–H groups in total. The Morgan fingerprint density at radius 2 is 1.88 bits per heavy atom. The van der Waals surface area contributed by atoms with Gasteiger partial charge < -0.3 is 14.8 Å². The van der Waals surface area contributed by atoms with Gasteiger partial charge in [-0.05, 0) is 56.9 Å². The third-order valence-corrected chi connectivity index (χ3v) is 6.90. The molecule has 1 atom stereocenters. The Labute approximate surface area is 201 Å². The van der Waals surface area contributed by atoms with Gasteiger partial charge in [0.25, 0.3) is 11.5 Å². The maximum atomic E-state index is 12.8. The molecule has 0 saturated carbocycles. The summed E-state index contributed by atoms with van der Waals surface area (Å²) in [6.45, 7) is 1.82. The number of rotatable bonds is 7. The van der Waals surface area contributed by atoms with Crippen molar-refractivity contribution < 1.29 is 14.3 Å². The number of carbonyl (C=O) groups is 1. The summed E-state index contributed by atoms with van der Waals surface area (Å²) in [4.78, 5) is 32.1. The van der Waals surface area contributed by atoms with Crippen LogP contribution in [-0.4, -0.2) is 21.4 Å².